The lowest BCUT2D eigenvalue weighted by atomic mass is 10.2. The quantitative estimate of drug-likeness (QED) is 0.773. The van der Waals surface area contributed by atoms with E-state index in [2.05, 4.69) is 20.3 Å². The van der Waals surface area contributed by atoms with Crippen LogP contribution in [0.1, 0.15) is 41.3 Å². The molecular weight excluding hydrogens is 244 g/mol. The molecule has 0 spiro atoms. The number of nitrogens with one attached hydrogen (secondary N) is 3. The fraction of sp³-hybridized carbons (Fsp3) is 0.308. The second-order valence-electron chi connectivity index (χ2n) is 4.33. The van der Waals surface area contributed by atoms with Gasteiger partial charge in [-0.25, -0.2) is 4.98 Å². The van der Waals surface area contributed by atoms with E-state index in [0.29, 0.717) is 5.56 Å². The summed E-state index contributed by atoms with van der Waals surface area (Å²) in [6.07, 6.45) is 3.85. The van der Waals surface area contributed by atoms with Crippen LogP contribution in [0.15, 0.2) is 29.3 Å². The van der Waals surface area contributed by atoms with Crippen molar-refractivity contribution in [3.63, 3.8) is 0 Å². The number of hydrogen-bond acceptors (Lipinski definition) is 3. The summed E-state index contributed by atoms with van der Waals surface area (Å²) in [5.41, 5.74) is 1.14. The average molecular weight is 260 g/mol. The minimum absolute atomic E-state index is 0.173. The first-order valence-corrected chi connectivity index (χ1v) is 6.11. The number of imidazole rings is 1. The molecular formula is C13H16N4O2. The molecule has 0 fully saturated rings. The van der Waals surface area contributed by atoms with E-state index in [-0.39, 0.29) is 17.5 Å². The Morgan fingerprint density at radius 3 is 2.79 bits per heavy atom. The number of pyridine rings is 1. The molecule has 2 aromatic rings. The van der Waals surface area contributed by atoms with E-state index in [4.69, 9.17) is 0 Å². The number of aromatic amines is 2. The minimum atomic E-state index is -0.239. The smallest absolute Gasteiger partial charge is 0.253 e. The van der Waals surface area contributed by atoms with Crippen molar-refractivity contribution in [2.45, 2.75) is 26.3 Å². The summed E-state index contributed by atoms with van der Waals surface area (Å²) in [4.78, 5) is 32.8. The van der Waals surface area contributed by atoms with Crippen molar-refractivity contribution in [3.05, 3.63) is 52.0 Å². The van der Waals surface area contributed by atoms with Gasteiger partial charge in [-0.2, -0.15) is 0 Å². The van der Waals surface area contributed by atoms with Crippen LogP contribution in [0.3, 0.4) is 0 Å². The molecule has 2 rings (SSSR count). The fourth-order valence-corrected chi connectivity index (χ4v) is 1.77. The summed E-state index contributed by atoms with van der Waals surface area (Å²) in [5.74, 6) is 0.495. The predicted octanol–water partition coefficient (Wildman–Crippen LogP) is 1.29. The van der Waals surface area contributed by atoms with Gasteiger partial charge in [-0.1, -0.05) is 6.92 Å². The van der Waals surface area contributed by atoms with Gasteiger partial charge in [0, 0.05) is 24.2 Å². The molecule has 0 saturated heterocycles. The van der Waals surface area contributed by atoms with Gasteiger partial charge < -0.3 is 15.3 Å². The van der Waals surface area contributed by atoms with Crippen molar-refractivity contribution in [2.24, 2.45) is 0 Å². The minimum Gasteiger partial charge on any atom is -0.344 e. The molecule has 1 atom stereocenters. The number of hydrogen-bond donors (Lipinski definition) is 3. The van der Waals surface area contributed by atoms with E-state index < -0.39 is 0 Å². The second-order valence-corrected chi connectivity index (χ2v) is 4.33. The van der Waals surface area contributed by atoms with E-state index >= 15 is 0 Å². The number of H-pyrrole nitrogens is 2. The Kier molecular flexibility index (Phi) is 3.79. The summed E-state index contributed by atoms with van der Waals surface area (Å²) in [6.45, 7) is 3.88. The molecule has 0 aliphatic carbocycles. The van der Waals surface area contributed by atoms with Gasteiger partial charge >= 0.3 is 0 Å². The molecule has 19 heavy (non-hydrogen) atoms. The van der Waals surface area contributed by atoms with Crippen molar-refractivity contribution < 1.29 is 4.79 Å². The molecule has 0 bridgehead atoms. The van der Waals surface area contributed by atoms with Crippen molar-refractivity contribution in [1.82, 2.24) is 20.3 Å². The molecule has 0 unspecified atom stereocenters. The van der Waals surface area contributed by atoms with Crippen LogP contribution in [0.5, 0.6) is 0 Å². The van der Waals surface area contributed by atoms with E-state index in [0.717, 1.165) is 17.9 Å². The van der Waals surface area contributed by atoms with Gasteiger partial charge in [0.15, 0.2) is 0 Å². The number of carbonyl (C=O) groups is 1. The zero-order valence-electron chi connectivity index (χ0n) is 10.9. The summed E-state index contributed by atoms with van der Waals surface area (Å²) in [5, 5.41) is 2.88. The molecule has 0 saturated carbocycles. The highest BCUT2D eigenvalue weighted by Gasteiger charge is 2.16. The van der Waals surface area contributed by atoms with Crippen molar-refractivity contribution >= 4 is 5.91 Å². The van der Waals surface area contributed by atoms with E-state index in [1.165, 1.54) is 18.3 Å². The Labute approximate surface area is 110 Å². The third-order valence-electron chi connectivity index (χ3n) is 2.81. The molecule has 6 nitrogen and oxygen atoms in total. The second kappa shape index (κ2) is 5.51. The Hall–Kier alpha value is -2.37. The van der Waals surface area contributed by atoms with Crippen LogP contribution in [0.2, 0.25) is 0 Å². The van der Waals surface area contributed by atoms with Gasteiger partial charge in [-0.3, -0.25) is 9.59 Å². The molecule has 0 aliphatic rings. The zero-order valence-corrected chi connectivity index (χ0v) is 10.9. The summed E-state index contributed by atoms with van der Waals surface area (Å²) < 4.78 is 0. The molecule has 6 heteroatoms. The van der Waals surface area contributed by atoms with Gasteiger partial charge in [0.25, 0.3) is 5.91 Å². The van der Waals surface area contributed by atoms with Gasteiger partial charge in [-0.15, -0.1) is 0 Å². The first kappa shape index (κ1) is 13.1. The average Bonchev–Trinajstić information content (AvgIpc) is 2.83. The predicted molar refractivity (Wildman–Crippen MR) is 70.9 cm³/mol. The summed E-state index contributed by atoms with van der Waals surface area (Å²) in [6, 6.07) is 2.65. The number of aryl methyl sites for hydroxylation is 1. The monoisotopic (exact) mass is 260 g/mol. The molecule has 2 heterocycles. The number of amides is 1. The molecule has 1 amide bonds. The normalized spacial score (nSPS) is 12.1. The van der Waals surface area contributed by atoms with Crippen molar-refractivity contribution in [1.29, 1.82) is 0 Å². The number of rotatable bonds is 4. The van der Waals surface area contributed by atoms with Crippen LogP contribution in [0, 0.1) is 6.92 Å². The molecule has 3 N–H and O–H groups in total. The molecule has 0 aromatic carbocycles. The topological polar surface area (TPSA) is 90.6 Å². The standard InChI is InChI=1S/C13H16N4O2/c1-3-10(12-15-6-8(2)16-12)17-13(19)9-4-5-11(18)14-7-9/h4-7,10H,3H2,1-2H3,(H,14,18)(H,15,16)(H,17,19)/t10-/m1/s1. The van der Waals surface area contributed by atoms with Crippen LogP contribution in [-0.2, 0) is 0 Å². The van der Waals surface area contributed by atoms with Crippen LogP contribution in [-0.4, -0.2) is 20.9 Å². The van der Waals surface area contributed by atoms with Crippen molar-refractivity contribution in [2.75, 3.05) is 0 Å². The lowest BCUT2D eigenvalue weighted by Gasteiger charge is -2.14. The van der Waals surface area contributed by atoms with Crippen LogP contribution >= 0.6 is 0 Å². The maximum Gasteiger partial charge on any atom is 0.253 e. The first-order chi connectivity index (χ1) is 9.10. The van der Waals surface area contributed by atoms with Gasteiger partial charge in [0.1, 0.15) is 5.82 Å². The van der Waals surface area contributed by atoms with E-state index in [9.17, 15) is 9.59 Å². The third-order valence-corrected chi connectivity index (χ3v) is 2.81. The lowest BCUT2D eigenvalue weighted by molar-refractivity contribution is 0.0933. The lowest BCUT2D eigenvalue weighted by Crippen LogP contribution is -2.29. The highest BCUT2D eigenvalue weighted by atomic mass is 16.2. The Morgan fingerprint density at radius 2 is 2.26 bits per heavy atom. The van der Waals surface area contributed by atoms with Gasteiger partial charge in [-0.05, 0) is 19.4 Å². The maximum absolute atomic E-state index is 12.0. The SMILES string of the molecule is CC[C@@H](NC(=O)c1ccc(=O)[nH]c1)c1ncc(C)[nH]1. The number of aromatic nitrogens is 3. The van der Waals surface area contributed by atoms with E-state index in [1.807, 2.05) is 13.8 Å². The number of carbonyl (C=O) groups excluding carboxylic acids is 1. The van der Waals surface area contributed by atoms with Crippen LogP contribution in [0.4, 0.5) is 0 Å². The maximum atomic E-state index is 12.0. The Balaban J connectivity index is 2.12. The largest absolute Gasteiger partial charge is 0.344 e. The molecule has 0 aliphatic heterocycles. The Morgan fingerprint density at radius 1 is 1.47 bits per heavy atom. The summed E-state index contributed by atoms with van der Waals surface area (Å²) >= 11 is 0. The zero-order chi connectivity index (χ0) is 13.8. The van der Waals surface area contributed by atoms with Crippen molar-refractivity contribution in [3.8, 4) is 0 Å². The Bertz CT molecular complexity index is 609. The highest BCUT2D eigenvalue weighted by molar-refractivity contribution is 5.94. The molecule has 0 radical (unpaired) electrons. The fourth-order valence-electron chi connectivity index (χ4n) is 1.77. The van der Waals surface area contributed by atoms with Gasteiger partial charge in [0.2, 0.25) is 5.56 Å². The number of nitrogens with zero attached hydrogens (tertiary/aromatic N) is 1. The van der Waals surface area contributed by atoms with Gasteiger partial charge in [0.05, 0.1) is 11.6 Å². The molecule has 100 valence electrons. The molecule has 2 aromatic heterocycles. The van der Waals surface area contributed by atoms with E-state index in [1.54, 1.807) is 6.20 Å². The summed E-state index contributed by atoms with van der Waals surface area (Å²) in [7, 11) is 0. The first-order valence-electron chi connectivity index (χ1n) is 6.11. The van der Waals surface area contributed by atoms with Crippen LogP contribution < -0.4 is 10.9 Å². The third kappa shape index (κ3) is 3.09. The highest BCUT2D eigenvalue weighted by Crippen LogP contribution is 2.13. The van der Waals surface area contributed by atoms with Crippen LogP contribution in [0.25, 0.3) is 0 Å².